The number of likely N-dealkylation sites (tertiary alicyclic amines) is 2. The maximum Gasteiger partial charge on any atom is 0.408 e. The molecule has 0 aromatic rings. The van der Waals surface area contributed by atoms with E-state index in [0.29, 0.717) is 25.9 Å². The molecule has 2 atom stereocenters. The number of ether oxygens (including phenoxy) is 2. The Balaban J connectivity index is 0.000000300. The van der Waals surface area contributed by atoms with Crippen molar-refractivity contribution in [3.05, 3.63) is 0 Å². The van der Waals surface area contributed by atoms with Crippen molar-refractivity contribution >= 4 is 24.0 Å². The van der Waals surface area contributed by atoms with Gasteiger partial charge >= 0.3 is 12.2 Å². The van der Waals surface area contributed by atoms with Crippen molar-refractivity contribution in [2.45, 2.75) is 77.7 Å². The van der Waals surface area contributed by atoms with Gasteiger partial charge in [0, 0.05) is 27.2 Å². The lowest BCUT2D eigenvalue weighted by atomic mass is 10.2. The lowest BCUT2D eigenvalue weighted by Crippen LogP contribution is -2.43. The maximum absolute atomic E-state index is 11.5. The summed E-state index contributed by atoms with van der Waals surface area (Å²) in [5, 5.41) is 5.13. The van der Waals surface area contributed by atoms with E-state index in [0.717, 1.165) is 0 Å². The second kappa shape index (κ2) is 9.99. The van der Waals surface area contributed by atoms with Crippen LogP contribution in [0.25, 0.3) is 0 Å². The Morgan fingerprint density at radius 2 is 1.07 bits per heavy atom. The Kier molecular flexibility index (Phi) is 8.50. The van der Waals surface area contributed by atoms with E-state index < -0.39 is 35.5 Å². The van der Waals surface area contributed by atoms with Crippen LogP contribution in [-0.4, -0.2) is 84.3 Å². The summed E-state index contributed by atoms with van der Waals surface area (Å²) in [6.45, 7) is 12.1. The molecule has 2 fully saturated rings. The summed E-state index contributed by atoms with van der Waals surface area (Å²) in [5.74, 6) is -0.110. The van der Waals surface area contributed by atoms with Crippen molar-refractivity contribution in [1.29, 1.82) is 0 Å². The highest BCUT2D eigenvalue weighted by molar-refractivity contribution is 5.87. The summed E-state index contributed by atoms with van der Waals surface area (Å²) in [6, 6.07) is -0.852. The molecule has 0 radical (unpaired) electrons. The molecule has 2 saturated heterocycles. The third-order valence-corrected chi connectivity index (χ3v) is 4.24. The molecule has 0 aromatic heterocycles. The van der Waals surface area contributed by atoms with E-state index in [1.807, 2.05) is 0 Å². The van der Waals surface area contributed by atoms with Crippen LogP contribution in [0.15, 0.2) is 0 Å². The summed E-state index contributed by atoms with van der Waals surface area (Å²) in [6.07, 6.45) is 0.232. The first kappa shape index (κ1) is 25.5. The van der Waals surface area contributed by atoms with Gasteiger partial charge in [0.25, 0.3) is 0 Å². The molecule has 0 bridgehead atoms. The maximum atomic E-state index is 11.5. The predicted molar refractivity (Wildman–Crippen MR) is 111 cm³/mol. The van der Waals surface area contributed by atoms with Crippen molar-refractivity contribution in [2.24, 2.45) is 0 Å². The van der Waals surface area contributed by atoms with Gasteiger partial charge in [-0.2, -0.15) is 0 Å². The van der Waals surface area contributed by atoms with E-state index in [4.69, 9.17) is 9.47 Å². The van der Waals surface area contributed by atoms with E-state index in [1.54, 1.807) is 65.4 Å². The largest absolute Gasteiger partial charge is 0.444 e. The molecule has 172 valence electrons. The lowest BCUT2D eigenvalue weighted by Gasteiger charge is -2.21. The lowest BCUT2D eigenvalue weighted by molar-refractivity contribution is -0.129. The quantitative estimate of drug-likeness (QED) is 0.688. The van der Waals surface area contributed by atoms with Crippen LogP contribution in [0.5, 0.6) is 0 Å². The standard InChI is InChI=1S/2C10H18N2O3/c2*1-10(2,3)15-9(14)11-7-5-6-12(4)8(7)13/h2*7H,5-6H2,1-4H3,(H,11,14)/t2*7-/m00/s1. The third kappa shape index (κ3) is 8.87. The second-order valence-electron chi connectivity index (χ2n) is 9.49. The second-order valence-corrected chi connectivity index (χ2v) is 9.49. The first-order valence-corrected chi connectivity index (χ1v) is 10.1. The molecular weight excluding hydrogens is 392 g/mol. The summed E-state index contributed by atoms with van der Waals surface area (Å²) in [5.41, 5.74) is -1.06. The van der Waals surface area contributed by atoms with Crippen LogP contribution in [0, 0.1) is 0 Å². The first-order valence-electron chi connectivity index (χ1n) is 10.1. The fourth-order valence-corrected chi connectivity index (χ4v) is 2.81. The molecule has 10 nitrogen and oxygen atoms in total. The number of amides is 4. The van der Waals surface area contributed by atoms with Gasteiger partial charge in [-0.1, -0.05) is 0 Å². The molecule has 10 heteroatoms. The van der Waals surface area contributed by atoms with Crippen molar-refractivity contribution in [3.63, 3.8) is 0 Å². The molecule has 30 heavy (non-hydrogen) atoms. The number of rotatable bonds is 2. The number of likely N-dealkylation sites (N-methyl/N-ethyl adjacent to an activating group) is 2. The Labute approximate surface area is 178 Å². The van der Waals surface area contributed by atoms with Crippen molar-refractivity contribution in [2.75, 3.05) is 27.2 Å². The van der Waals surface area contributed by atoms with Crippen LogP contribution >= 0.6 is 0 Å². The topological polar surface area (TPSA) is 117 Å². The van der Waals surface area contributed by atoms with Gasteiger partial charge in [0.15, 0.2) is 0 Å². The average Bonchev–Trinajstić information content (AvgIpc) is 3.02. The van der Waals surface area contributed by atoms with Gasteiger partial charge in [-0.25, -0.2) is 9.59 Å². The minimum Gasteiger partial charge on any atom is -0.444 e. The number of carbonyl (C=O) groups is 4. The van der Waals surface area contributed by atoms with Crippen molar-refractivity contribution in [1.82, 2.24) is 20.4 Å². The van der Waals surface area contributed by atoms with E-state index in [2.05, 4.69) is 10.6 Å². The molecule has 2 rings (SSSR count). The SMILES string of the molecule is CN1CC[C@H](NC(=O)OC(C)(C)C)C1=O.CN1CC[C@H](NC(=O)OC(C)(C)C)C1=O. The van der Waals surface area contributed by atoms with Crippen LogP contribution in [-0.2, 0) is 19.1 Å². The van der Waals surface area contributed by atoms with Gasteiger partial charge in [-0.3, -0.25) is 9.59 Å². The third-order valence-electron chi connectivity index (χ3n) is 4.24. The van der Waals surface area contributed by atoms with Crippen LogP contribution < -0.4 is 10.6 Å². The van der Waals surface area contributed by atoms with E-state index in [9.17, 15) is 19.2 Å². The predicted octanol–water partition coefficient (Wildman–Crippen LogP) is 1.48. The average molecular weight is 429 g/mol. The molecule has 4 amide bonds. The van der Waals surface area contributed by atoms with Crippen LogP contribution in [0.2, 0.25) is 0 Å². The van der Waals surface area contributed by atoms with Crippen molar-refractivity contribution < 1.29 is 28.7 Å². The molecule has 0 spiro atoms. The summed E-state index contributed by atoms with van der Waals surface area (Å²) in [4.78, 5) is 48.8. The van der Waals surface area contributed by atoms with E-state index in [1.165, 1.54) is 0 Å². The summed E-state index contributed by atoms with van der Waals surface area (Å²) < 4.78 is 10.1. The molecule has 0 saturated carbocycles. The Hall–Kier alpha value is -2.52. The molecule has 2 heterocycles. The molecule has 0 unspecified atom stereocenters. The van der Waals surface area contributed by atoms with Gasteiger partial charge in [0.05, 0.1) is 0 Å². The number of hydrogen-bond donors (Lipinski definition) is 2. The number of nitrogens with zero attached hydrogens (tertiary/aromatic N) is 2. The molecule has 0 aliphatic carbocycles. The zero-order valence-electron chi connectivity index (χ0n) is 19.3. The zero-order valence-corrected chi connectivity index (χ0v) is 19.3. The molecule has 2 aliphatic heterocycles. The van der Waals surface area contributed by atoms with E-state index in [-0.39, 0.29) is 11.8 Å². The minimum absolute atomic E-state index is 0.0548. The van der Waals surface area contributed by atoms with Crippen LogP contribution in [0.4, 0.5) is 9.59 Å². The first-order chi connectivity index (χ1) is 13.6. The summed E-state index contributed by atoms with van der Waals surface area (Å²) in [7, 11) is 3.44. The molecule has 0 aromatic carbocycles. The van der Waals surface area contributed by atoms with Crippen LogP contribution in [0.3, 0.4) is 0 Å². The van der Waals surface area contributed by atoms with Gasteiger partial charge in [-0.15, -0.1) is 0 Å². The van der Waals surface area contributed by atoms with E-state index >= 15 is 0 Å². The molecular formula is C20H36N4O6. The Bertz CT molecular complexity index is 597. The smallest absolute Gasteiger partial charge is 0.408 e. The Morgan fingerprint density at radius 3 is 1.27 bits per heavy atom. The number of carbonyl (C=O) groups excluding carboxylic acids is 4. The molecule has 2 N–H and O–H groups in total. The normalized spacial score (nSPS) is 21.7. The monoisotopic (exact) mass is 428 g/mol. The minimum atomic E-state index is -0.531. The highest BCUT2D eigenvalue weighted by Gasteiger charge is 2.32. The zero-order chi connectivity index (χ0) is 23.3. The number of nitrogens with one attached hydrogen (secondary N) is 2. The van der Waals surface area contributed by atoms with Gasteiger partial charge < -0.3 is 29.9 Å². The number of alkyl carbamates (subject to hydrolysis) is 2. The van der Waals surface area contributed by atoms with Crippen LogP contribution in [0.1, 0.15) is 54.4 Å². The highest BCUT2D eigenvalue weighted by Crippen LogP contribution is 2.12. The fourth-order valence-electron chi connectivity index (χ4n) is 2.81. The fraction of sp³-hybridized carbons (Fsp3) is 0.800. The summed E-state index contributed by atoms with van der Waals surface area (Å²) >= 11 is 0. The molecule has 2 aliphatic rings. The highest BCUT2D eigenvalue weighted by atomic mass is 16.6. The number of hydrogen-bond acceptors (Lipinski definition) is 6. The van der Waals surface area contributed by atoms with Gasteiger partial charge in [0.2, 0.25) is 11.8 Å². The van der Waals surface area contributed by atoms with Crippen molar-refractivity contribution in [3.8, 4) is 0 Å². The van der Waals surface area contributed by atoms with Gasteiger partial charge in [0.1, 0.15) is 23.3 Å². The van der Waals surface area contributed by atoms with Gasteiger partial charge in [-0.05, 0) is 54.4 Å². The Morgan fingerprint density at radius 1 is 0.767 bits per heavy atom.